The van der Waals surface area contributed by atoms with E-state index in [0.29, 0.717) is 25.7 Å². The third-order valence-corrected chi connectivity index (χ3v) is 5.48. The molecule has 0 saturated heterocycles. The average Bonchev–Trinajstić information content (AvgIpc) is 2.70. The molecule has 5 nitrogen and oxygen atoms in total. The van der Waals surface area contributed by atoms with Gasteiger partial charge in [-0.1, -0.05) is 103 Å². The molecule has 0 spiro atoms. The van der Waals surface area contributed by atoms with Crippen molar-refractivity contribution >= 4 is 55.6 Å². The Balaban J connectivity index is -0.00000140. The van der Waals surface area contributed by atoms with Crippen molar-refractivity contribution in [3.63, 3.8) is 0 Å². The molecule has 0 aromatic heterocycles. The fraction of sp³-hybridized carbons (Fsp3) is 0.880. The Morgan fingerprint density at radius 2 is 0.839 bits per heavy atom. The van der Waals surface area contributed by atoms with Crippen molar-refractivity contribution in [2.24, 2.45) is 0 Å². The van der Waals surface area contributed by atoms with Crippen LogP contribution in [0.15, 0.2) is 0 Å². The molecule has 0 aliphatic carbocycles. The normalized spacial score (nSPS) is 10.5. The molecule has 0 rings (SSSR count). The van der Waals surface area contributed by atoms with E-state index >= 15 is 0 Å². The summed E-state index contributed by atoms with van der Waals surface area (Å²) in [6.07, 6.45) is 21.6. The van der Waals surface area contributed by atoms with Crippen molar-refractivity contribution in [2.75, 3.05) is 0 Å². The summed E-state index contributed by atoms with van der Waals surface area (Å²) >= 11 is 0. The van der Waals surface area contributed by atoms with Crippen LogP contribution in [-0.2, 0) is 19.1 Å². The monoisotopic (exact) mass is 468 g/mol. The van der Waals surface area contributed by atoms with Crippen LogP contribution >= 0.6 is 0 Å². The molecular weight excluding hydrogens is 420 g/mol. The summed E-state index contributed by atoms with van der Waals surface area (Å²) in [6, 6.07) is 0. The summed E-state index contributed by atoms with van der Waals surface area (Å²) < 4.78 is 4.80. The summed E-state index contributed by atoms with van der Waals surface area (Å²) in [5.41, 5.74) is 0. The third-order valence-electron chi connectivity index (χ3n) is 5.48. The van der Waals surface area contributed by atoms with Crippen LogP contribution in [0, 0.1) is 0 Å². The maximum Gasteiger partial charge on any atom is 2.00 e. The second-order valence-electron chi connectivity index (χ2n) is 8.50. The molecule has 0 aromatic rings. The molecule has 0 bridgehead atoms. The maximum absolute atomic E-state index is 11.6. The van der Waals surface area contributed by atoms with Crippen molar-refractivity contribution in [3.8, 4) is 0 Å². The molecule has 0 amide bonds. The predicted octanol–water partition coefficient (Wildman–Crippen LogP) is 7.20. The number of ether oxygens (including phenoxy) is 1. The zero-order chi connectivity index (χ0) is 22.3. The Morgan fingerprint density at radius 1 is 0.548 bits per heavy atom. The number of carbonyl (C=O) groups excluding carboxylic acids is 2. The molecule has 180 valence electrons. The van der Waals surface area contributed by atoms with E-state index < -0.39 is 17.9 Å². The fourth-order valence-electron chi connectivity index (χ4n) is 3.59. The Kier molecular flexibility index (Phi) is 27.8. The number of carboxylic acids is 1. The molecule has 1 N–H and O–H groups in total. The van der Waals surface area contributed by atoms with E-state index in [4.69, 9.17) is 9.84 Å². The number of carbonyl (C=O) groups is 3. The van der Waals surface area contributed by atoms with Crippen LogP contribution in [0.4, 0.5) is 0 Å². The molecule has 0 aliphatic rings. The van der Waals surface area contributed by atoms with Gasteiger partial charge in [-0.2, -0.15) is 0 Å². The topological polar surface area (TPSA) is 80.7 Å². The molecular formula is C25H48CaO5. The number of hydrogen-bond donors (Lipinski definition) is 1. The predicted molar refractivity (Wildman–Crippen MR) is 129 cm³/mol. The number of rotatable bonds is 22. The number of carboxylic acid groups (broad SMARTS) is 1. The minimum absolute atomic E-state index is 0. The number of hydrogen-bond acceptors (Lipinski definition) is 4. The largest absolute Gasteiger partial charge is 2.00 e. The number of unbranched alkanes of at least 4 members (excludes halogenated alkanes) is 16. The first-order chi connectivity index (χ1) is 14.6. The third kappa shape index (κ3) is 27.8. The minimum Gasteiger partial charge on any atom is -1.00 e. The number of aliphatic carboxylic acids is 1. The second-order valence-corrected chi connectivity index (χ2v) is 8.50. The summed E-state index contributed by atoms with van der Waals surface area (Å²) in [7, 11) is 0. The molecule has 0 heterocycles. The van der Waals surface area contributed by atoms with Gasteiger partial charge in [0.05, 0.1) is 0 Å². The van der Waals surface area contributed by atoms with Gasteiger partial charge in [0.1, 0.15) is 0 Å². The summed E-state index contributed by atoms with van der Waals surface area (Å²) in [5, 5.41) is 8.54. The Hall–Kier alpha value is -0.130. The zero-order valence-electron chi connectivity index (χ0n) is 22.1. The molecule has 0 aromatic carbocycles. The first-order valence-electron chi connectivity index (χ1n) is 12.5. The summed E-state index contributed by atoms with van der Waals surface area (Å²) in [6.45, 7) is 2.26. The van der Waals surface area contributed by atoms with Crippen molar-refractivity contribution in [1.82, 2.24) is 0 Å². The van der Waals surface area contributed by atoms with Gasteiger partial charge in [-0.3, -0.25) is 14.4 Å². The molecule has 6 heteroatoms. The van der Waals surface area contributed by atoms with Crippen LogP contribution in [0.2, 0.25) is 0 Å². The van der Waals surface area contributed by atoms with E-state index in [0.717, 1.165) is 19.3 Å². The molecule has 0 aliphatic heterocycles. The standard InChI is InChI=1S/C25H46O5.Ca.2H/c1-2-3-4-5-6-7-8-9-10-11-12-13-14-15-18-21-24(28)30-25(29)22-19-16-17-20-23(26)27;;;/h2-22H2,1H3,(H,26,27);;;/q;+2;2*-1. The Labute approximate surface area is 223 Å². The van der Waals surface area contributed by atoms with E-state index in [1.54, 1.807) is 0 Å². The van der Waals surface area contributed by atoms with Gasteiger partial charge < -0.3 is 12.7 Å². The van der Waals surface area contributed by atoms with E-state index in [9.17, 15) is 14.4 Å². The zero-order valence-corrected chi connectivity index (χ0v) is 22.3. The first-order valence-corrected chi connectivity index (χ1v) is 12.5. The first kappa shape index (κ1) is 33.0. The smallest absolute Gasteiger partial charge is 1.00 e. The Bertz CT molecular complexity index is 451. The summed E-state index contributed by atoms with van der Waals surface area (Å²) in [5.74, 6) is -1.74. The van der Waals surface area contributed by atoms with Gasteiger partial charge in [-0.25, -0.2) is 0 Å². The van der Waals surface area contributed by atoms with Gasteiger partial charge in [0.25, 0.3) is 0 Å². The van der Waals surface area contributed by atoms with Crippen molar-refractivity contribution < 1.29 is 27.1 Å². The van der Waals surface area contributed by atoms with E-state index in [1.165, 1.54) is 77.0 Å². The van der Waals surface area contributed by atoms with Gasteiger partial charge in [0, 0.05) is 19.3 Å². The SMILES string of the molecule is CCCCCCCCCCCCCCCCCC(=O)OC(=O)CCCCCC(=O)O.[Ca+2].[H-].[H-]. The van der Waals surface area contributed by atoms with Crippen molar-refractivity contribution in [3.05, 3.63) is 0 Å². The van der Waals surface area contributed by atoms with Gasteiger partial charge in [0.15, 0.2) is 0 Å². The maximum atomic E-state index is 11.6. The quantitative estimate of drug-likeness (QED) is 0.0786. The van der Waals surface area contributed by atoms with Crippen molar-refractivity contribution in [2.45, 2.75) is 142 Å². The Morgan fingerprint density at radius 3 is 1.19 bits per heavy atom. The molecule has 0 atom stereocenters. The fourth-order valence-corrected chi connectivity index (χ4v) is 3.59. The van der Waals surface area contributed by atoms with Gasteiger partial charge in [-0.15, -0.1) is 0 Å². The van der Waals surface area contributed by atoms with Crippen LogP contribution in [0.1, 0.15) is 145 Å². The molecule has 0 saturated carbocycles. The van der Waals surface area contributed by atoms with Crippen molar-refractivity contribution in [1.29, 1.82) is 0 Å². The summed E-state index contributed by atoms with van der Waals surface area (Å²) in [4.78, 5) is 33.6. The van der Waals surface area contributed by atoms with E-state index in [-0.39, 0.29) is 53.4 Å². The molecule has 31 heavy (non-hydrogen) atoms. The van der Waals surface area contributed by atoms with Gasteiger partial charge >= 0.3 is 55.6 Å². The van der Waals surface area contributed by atoms with E-state index in [2.05, 4.69) is 6.92 Å². The average molecular weight is 469 g/mol. The van der Waals surface area contributed by atoms with Crippen LogP contribution in [0.3, 0.4) is 0 Å². The molecule has 0 unspecified atom stereocenters. The van der Waals surface area contributed by atoms with Gasteiger partial charge in [0.2, 0.25) is 0 Å². The van der Waals surface area contributed by atoms with E-state index in [1.807, 2.05) is 0 Å². The van der Waals surface area contributed by atoms with Crippen LogP contribution in [0.25, 0.3) is 0 Å². The number of esters is 2. The van der Waals surface area contributed by atoms with Crippen LogP contribution < -0.4 is 0 Å². The van der Waals surface area contributed by atoms with Gasteiger partial charge in [-0.05, 0) is 19.3 Å². The van der Waals surface area contributed by atoms with Crippen LogP contribution in [0.5, 0.6) is 0 Å². The molecule has 0 fully saturated rings. The second kappa shape index (κ2) is 26.1. The van der Waals surface area contributed by atoms with Crippen LogP contribution in [-0.4, -0.2) is 60.8 Å². The molecule has 0 radical (unpaired) electrons. The minimum atomic E-state index is -0.823.